The summed E-state index contributed by atoms with van der Waals surface area (Å²) in [5.74, 6) is 0.372. The molecule has 0 bridgehead atoms. The molecule has 2 aliphatic rings. The summed E-state index contributed by atoms with van der Waals surface area (Å²) in [6.45, 7) is 1.50. The van der Waals surface area contributed by atoms with E-state index in [0.717, 1.165) is 19.4 Å². The first kappa shape index (κ1) is 13.1. The highest BCUT2D eigenvalue weighted by Gasteiger charge is 2.27. The van der Waals surface area contributed by atoms with Crippen molar-refractivity contribution >= 4 is 11.8 Å². The zero-order chi connectivity index (χ0) is 13.9. The van der Waals surface area contributed by atoms with Crippen molar-refractivity contribution in [3.63, 3.8) is 0 Å². The molecule has 2 fully saturated rings. The summed E-state index contributed by atoms with van der Waals surface area (Å²) in [4.78, 5) is 24.1. The van der Waals surface area contributed by atoms with Crippen LogP contribution in [0.2, 0.25) is 0 Å². The zero-order valence-corrected chi connectivity index (χ0v) is 11.5. The number of nitrogens with zero attached hydrogens (tertiary/aromatic N) is 2. The van der Waals surface area contributed by atoms with Gasteiger partial charge >= 0.3 is 0 Å². The number of carbonyl (C=O) groups excluding carboxylic acids is 2. The largest absolute Gasteiger partial charge is 0.354 e. The monoisotopic (exact) mass is 276 g/mol. The molecule has 1 atom stereocenters. The number of hydrogen-bond donors (Lipinski definition) is 2. The summed E-state index contributed by atoms with van der Waals surface area (Å²) in [6, 6.07) is 1.29. The smallest absolute Gasteiger partial charge is 0.270 e. The third-order valence-corrected chi connectivity index (χ3v) is 3.92. The van der Waals surface area contributed by atoms with Crippen LogP contribution in [0.5, 0.6) is 0 Å². The fourth-order valence-corrected chi connectivity index (χ4v) is 2.53. The maximum absolute atomic E-state index is 12.3. The molecule has 1 aliphatic heterocycles. The lowest BCUT2D eigenvalue weighted by atomic mass is 10.1. The third kappa shape index (κ3) is 3.00. The second-order valence-corrected chi connectivity index (χ2v) is 5.65. The number of nitrogens with one attached hydrogen (secondary N) is 2. The summed E-state index contributed by atoms with van der Waals surface area (Å²) in [6.07, 6.45) is 6.69. The topological polar surface area (TPSA) is 76.0 Å². The molecule has 0 unspecified atom stereocenters. The van der Waals surface area contributed by atoms with Crippen molar-refractivity contribution in [2.45, 2.75) is 44.7 Å². The van der Waals surface area contributed by atoms with Gasteiger partial charge in [-0.05, 0) is 44.1 Å². The van der Waals surface area contributed by atoms with Crippen LogP contribution in [-0.2, 0) is 11.3 Å². The zero-order valence-electron chi connectivity index (χ0n) is 11.5. The molecule has 2 amide bonds. The lowest BCUT2D eigenvalue weighted by Crippen LogP contribution is -2.46. The van der Waals surface area contributed by atoms with Crippen LogP contribution in [0.25, 0.3) is 0 Å². The van der Waals surface area contributed by atoms with Crippen molar-refractivity contribution in [3.8, 4) is 0 Å². The molecule has 2 N–H and O–H groups in total. The van der Waals surface area contributed by atoms with E-state index in [0.29, 0.717) is 24.6 Å². The molecule has 0 aromatic carbocycles. The first-order valence-electron chi connectivity index (χ1n) is 7.34. The molecule has 3 rings (SSSR count). The maximum atomic E-state index is 12.3. The first-order valence-corrected chi connectivity index (χ1v) is 7.34. The number of hydrogen-bond acceptors (Lipinski definition) is 3. The Balaban J connectivity index is 1.65. The summed E-state index contributed by atoms with van der Waals surface area (Å²) < 4.78 is 1.75. The fraction of sp³-hybridized carbons (Fsp3) is 0.643. The van der Waals surface area contributed by atoms with Crippen LogP contribution in [-0.4, -0.2) is 34.2 Å². The van der Waals surface area contributed by atoms with Crippen LogP contribution < -0.4 is 10.6 Å². The molecule has 2 heterocycles. The van der Waals surface area contributed by atoms with E-state index in [9.17, 15) is 9.59 Å². The third-order valence-electron chi connectivity index (χ3n) is 3.92. The van der Waals surface area contributed by atoms with Gasteiger partial charge in [0.1, 0.15) is 11.7 Å². The lowest BCUT2D eigenvalue weighted by molar-refractivity contribution is -0.122. The van der Waals surface area contributed by atoms with Gasteiger partial charge in [-0.15, -0.1) is 0 Å². The van der Waals surface area contributed by atoms with Gasteiger partial charge in [-0.25, -0.2) is 0 Å². The van der Waals surface area contributed by atoms with E-state index in [4.69, 9.17) is 0 Å². The van der Waals surface area contributed by atoms with Crippen LogP contribution in [0.15, 0.2) is 12.3 Å². The van der Waals surface area contributed by atoms with Gasteiger partial charge in [0.25, 0.3) is 5.91 Å². The second-order valence-electron chi connectivity index (χ2n) is 5.65. The number of amides is 2. The van der Waals surface area contributed by atoms with E-state index in [2.05, 4.69) is 15.7 Å². The minimum Gasteiger partial charge on any atom is -0.354 e. The first-order chi connectivity index (χ1) is 9.74. The van der Waals surface area contributed by atoms with Gasteiger partial charge < -0.3 is 10.6 Å². The highest BCUT2D eigenvalue weighted by atomic mass is 16.2. The van der Waals surface area contributed by atoms with Gasteiger partial charge in [0.15, 0.2) is 0 Å². The predicted molar refractivity (Wildman–Crippen MR) is 73.1 cm³/mol. The molecule has 0 radical (unpaired) electrons. The van der Waals surface area contributed by atoms with Crippen LogP contribution >= 0.6 is 0 Å². The lowest BCUT2D eigenvalue weighted by Gasteiger charge is -2.15. The Morgan fingerprint density at radius 2 is 2.25 bits per heavy atom. The van der Waals surface area contributed by atoms with E-state index in [1.54, 1.807) is 16.9 Å². The Hall–Kier alpha value is -1.85. The van der Waals surface area contributed by atoms with Crippen molar-refractivity contribution in [2.24, 2.45) is 5.92 Å². The average Bonchev–Trinajstić information content (AvgIpc) is 3.15. The van der Waals surface area contributed by atoms with Crippen molar-refractivity contribution in [3.05, 3.63) is 18.0 Å². The van der Waals surface area contributed by atoms with Crippen molar-refractivity contribution in [1.29, 1.82) is 0 Å². The van der Waals surface area contributed by atoms with Crippen molar-refractivity contribution < 1.29 is 9.59 Å². The minimum absolute atomic E-state index is 0.0795. The summed E-state index contributed by atoms with van der Waals surface area (Å²) in [5.41, 5.74) is 0.550. The van der Waals surface area contributed by atoms with Crippen LogP contribution in [0.3, 0.4) is 0 Å². The Kier molecular flexibility index (Phi) is 3.71. The number of rotatable bonds is 4. The minimum atomic E-state index is -0.422. The number of carbonyl (C=O) groups is 2. The van der Waals surface area contributed by atoms with Gasteiger partial charge in [-0.1, -0.05) is 0 Å². The van der Waals surface area contributed by atoms with Gasteiger partial charge in [0.2, 0.25) is 5.91 Å². The molecule has 6 nitrogen and oxygen atoms in total. The van der Waals surface area contributed by atoms with E-state index >= 15 is 0 Å². The van der Waals surface area contributed by atoms with E-state index in [1.165, 1.54) is 12.8 Å². The Bertz CT molecular complexity index is 507. The molecule has 1 aromatic heterocycles. The van der Waals surface area contributed by atoms with E-state index < -0.39 is 6.04 Å². The Morgan fingerprint density at radius 3 is 3.05 bits per heavy atom. The van der Waals surface area contributed by atoms with Gasteiger partial charge in [-0.2, -0.15) is 5.10 Å². The normalized spacial score (nSPS) is 23.0. The quantitative estimate of drug-likeness (QED) is 0.849. The van der Waals surface area contributed by atoms with Gasteiger partial charge in [-0.3, -0.25) is 14.3 Å². The Labute approximate surface area is 117 Å². The van der Waals surface area contributed by atoms with Crippen LogP contribution in [0.1, 0.15) is 42.6 Å². The molecule has 1 saturated carbocycles. The summed E-state index contributed by atoms with van der Waals surface area (Å²) in [5, 5.41) is 9.86. The highest BCUT2D eigenvalue weighted by molar-refractivity contribution is 5.96. The highest BCUT2D eigenvalue weighted by Crippen LogP contribution is 2.30. The molecular weight excluding hydrogens is 256 g/mol. The molecule has 6 heteroatoms. The second kappa shape index (κ2) is 5.64. The van der Waals surface area contributed by atoms with Crippen LogP contribution in [0.4, 0.5) is 0 Å². The molecule has 0 spiro atoms. The predicted octanol–water partition coefficient (Wildman–Crippen LogP) is 0.692. The van der Waals surface area contributed by atoms with Crippen molar-refractivity contribution in [1.82, 2.24) is 20.4 Å². The van der Waals surface area contributed by atoms with Crippen molar-refractivity contribution in [2.75, 3.05) is 6.54 Å². The molecule has 1 aliphatic carbocycles. The fourth-order valence-electron chi connectivity index (χ4n) is 2.53. The molecule has 108 valence electrons. The van der Waals surface area contributed by atoms with E-state index in [-0.39, 0.29) is 11.8 Å². The summed E-state index contributed by atoms with van der Waals surface area (Å²) >= 11 is 0. The molecular formula is C14H20N4O2. The van der Waals surface area contributed by atoms with Gasteiger partial charge in [0.05, 0.1) is 0 Å². The number of aromatic nitrogens is 2. The average molecular weight is 276 g/mol. The van der Waals surface area contributed by atoms with Crippen LogP contribution in [0, 0.1) is 5.92 Å². The Morgan fingerprint density at radius 1 is 1.40 bits per heavy atom. The van der Waals surface area contributed by atoms with Gasteiger partial charge in [0, 0.05) is 19.3 Å². The molecule has 20 heavy (non-hydrogen) atoms. The summed E-state index contributed by atoms with van der Waals surface area (Å²) in [7, 11) is 0. The standard InChI is InChI=1S/C14H20N4O2/c19-13-11(3-1-2-7-15-13)17-14(20)12-6-8-16-18(12)9-10-4-5-10/h6,8,10-11H,1-5,7,9H2,(H,15,19)(H,17,20)/t11-/m0/s1. The molecule has 1 aromatic rings. The maximum Gasteiger partial charge on any atom is 0.270 e. The van der Waals surface area contributed by atoms with E-state index in [1.807, 2.05) is 0 Å². The molecule has 1 saturated heterocycles. The SMILES string of the molecule is O=C(N[C@H]1CCCCNC1=O)c1ccnn1CC1CC1.